The molecule has 2 aromatic carbocycles. The zero-order chi connectivity index (χ0) is 76.6. The van der Waals surface area contributed by atoms with Gasteiger partial charge in [-0.1, -0.05) is 96.8 Å². The molecule has 14 N–H and O–H groups in total. The fourth-order valence-corrected chi connectivity index (χ4v) is 14.3. The molecule has 5 amide bonds. The van der Waals surface area contributed by atoms with E-state index in [2.05, 4.69) is 68.1 Å². The van der Waals surface area contributed by atoms with Crippen molar-refractivity contribution < 1.29 is 97.4 Å². The van der Waals surface area contributed by atoms with Gasteiger partial charge in [-0.25, -0.2) is 0 Å². The number of ether oxygens (including phenoxy) is 7. The second kappa shape index (κ2) is 42.2. The highest BCUT2D eigenvalue weighted by Gasteiger charge is 2.52. The Labute approximate surface area is 621 Å². The highest BCUT2D eigenvalue weighted by Crippen LogP contribution is 2.42. The van der Waals surface area contributed by atoms with E-state index in [0.717, 1.165) is 53.0 Å². The first-order valence-electron chi connectivity index (χ1n) is 37.9. The summed E-state index contributed by atoms with van der Waals surface area (Å²) < 4.78 is 41.1. The molecule has 4 aliphatic heterocycles. The largest absolute Gasteiger partial charge is 0.396 e. The minimum atomic E-state index is -1.61. The Morgan fingerprint density at radius 2 is 1.36 bits per heavy atom. The van der Waals surface area contributed by atoms with Gasteiger partial charge in [0.25, 0.3) is 0 Å². The van der Waals surface area contributed by atoms with Crippen LogP contribution in [0.4, 0.5) is 5.69 Å². The number of carbonyl (C=O) groups is 7. The number of hydrazine groups is 4. The number of Topliss-reactive ketones (excluding diaryl/α,β-unsaturated/α-hetero) is 2. The quantitative estimate of drug-likeness (QED) is 0.0421. The Bertz CT molecular complexity index is 3270. The van der Waals surface area contributed by atoms with Crippen molar-refractivity contribution in [1.82, 2.24) is 53.2 Å². The minimum absolute atomic E-state index is 0.0134. The fourth-order valence-electron chi connectivity index (χ4n) is 14.3. The van der Waals surface area contributed by atoms with Crippen molar-refractivity contribution in [2.24, 2.45) is 29.6 Å². The highest BCUT2D eigenvalue weighted by atomic mass is 16.6. The number of anilines is 1. The van der Waals surface area contributed by atoms with Crippen LogP contribution in [0.2, 0.25) is 0 Å². The van der Waals surface area contributed by atoms with Crippen molar-refractivity contribution in [2.45, 2.75) is 219 Å². The molecule has 592 valence electrons. The van der Waals surface area contributed by atoms with Gasteiger partial charge in [0.05, 0.1) is 113 Å². The van der Waals surface area contributed by atoms with Crippen molar-refractivity contribution >= 4 is 58.2 Å². The first kappa shape index (κ1) is 84.8. The van der Waals surface area contributed by atoms with Crippen molar-refractivity contribution in [2.75, 3.05) is 90.7 Å². The Kier molecular flexibility index (Phi) is 33.8. The summed E-state index contributed by atoms with van der Waals surface area (Å²) in [6.07, 6.45) is -6.70. The summed E-state index contributed by atoms with van der Waals surface area (Å²) in [5.41, 5.74) is 19.6. The molecule has 2 aromatic rings. The molecule has 0 aromatic heterocycles. The van der Waals surface area contributed by atoms with E-state index in [9.17, 15) is 64.2 Å². The number of nitrogens with zero attached hydrogens (tertiary/aromatic N) is 3. The lowest BCUT2D eigenvalue weighted by molar-refractivity contribution is -0.294. The molecule has 1 saturated heterocycles. The van der Waals surface area contributed by atoms with Gasteiger partial charge in [0.1, 0.15) is 55.1 Å². The third-order valence-corrected chi connectivity index (χ3v) is 20.4. The Hall–Kier alpha value is -6.79. The van der Waals surface area contributed by atoms with Gasteiger partial charge in [0, 0.05) is 74.4 Å². The summed E-state index contributed by atoms with van der Waals surface area (Å²) in [7, 11) is 0. The molecule has 2 aliphatic carbocycles. The molecule has 6 aliphatic rings. The van der Waals surface area contributed by atoms with E-state index in [-0.39, 0.29) is 152 Å². The van der Waals surface area contributed by atoms with E-state index >= 15 is 0 Å². The van der Waals surface area contributed by atoms with Crippen molar-refractivity contribution in [3.63, 3.8) is 0 Å². The number of aliphatic hydroxyl groups is 6. The predicted octanol–water partition coefficient (Wildman–Crippen LogP) is 1.63. The summed E-state index contributed by atoms with van der Waals surface area (Å²) in [6, 6.07) is 14.0. The molecule has 1 saturated carbocycles. The number of rotatable bonds is 41. The number of ketones is 2. The lowest BCUT2D eigenvalue weighted by Gasteiger charge is -2.48. The predicted molar refractivity (Wildman–Crippen MR) is 389 cm³/mol. The van der Waals surface area contributed by atoms with Gasteiger partial charge in [-0.2, -0.15) is 0 Å². The Morgan fingerprint density at radius 3 is 2.05 bits per heavy atom. The summed E-state index contributed by atoms with van der Waals surface area (Å²) >= 11 is 0. The molecule has 4 heterocycles. The summed E-state index contributed by atoms with van der Waals surface area (Å²) in [5.74, 6) is -4.20. The number of amides is 5. The van der Waals surface area contributed by atoms with Gasteiger partial charge in [-0.3, -0.25) is 43.6 Å². The van der Waals surface area contributed by atoms with Crippen LogP contribution in [0.5, 0.6) is 0 Å². The summed E-state index contributed by atoms with van der Waals surface area (Å²) in [6.45, 7) is 16.2. The average molecular weight is 1490 g/mol. The number of para-hydroxylation sites is 1. The maximum Gasteiger partial charge on any atom is 0.246 e. The van der Waals surface area contributed by atoms with E-state index in [0.29, 0.717) is 50.2 Å². The molecule has 0 bridgehead atoms. The van der Waals surface area contributed by atoms with Gasteiger partial charge in [-0.15, -0.1) is 11.1 Å². The number of allylic oxidation sites excluding steroid dienone is 1. The van der Waals surface area contributed by atoms with Gasteiger partial charge in [0.15, 0.2) is 12.0 Å². The van der Waals surface area contributed by atoms with E-state index < -0.39 is 109 Å². The third-order valence-electron chi connectivity index (χ3n) is 20.4. The van der Waals surface area contributed by atoms with E-state index in [4.69, 9.17) is 33.2 Å². The molecule has 2 fully saturated rings. The molecule has 1 unspecified atom stereocenters. The van der Waals surface area contributed by atoms with Crippen molar-refractivity contribution in [1.29, 1.82) is 0 Å². The van der Waals surface area contributed by atoms with Crippen molar-refractivity contribution in [3.05, 3.63) is 76.6 Å². The van der Waals surface area contributed by atoms with Gasteiger partial charge in [-0.05, 0) is 88.2 Å². The molecule has 14 atom stereocenters. The van der Waals surface area contributed by atoms with Gasteiger partial charge in [0.2, 0.25) is 29.5 Å². The smallest absolute Gasteiger partial charge is 0.246 e. The van der Waals surface area contributed by atoms with Crippen LogP contribution in [0, 0.1) is 29.6 Å². The first-order valence-corrected chi connectivity index (χ1v) is 37.9. The Morgan fingerprint density at radius 1 is 0.679 bits per heavy atom. The molecular formula is C75H117N11O20. The molecule has 31 heteroatoms. The molecule has 31 nitrogen and oxygen atoms in total. The molecule has 8 rings (SSSR count). The lowest BCUT2D eigenvalue weighted by atomic mass is 9.75. The zero-order valence-electron chi connectivity index (χ0n) is 62.8. The van der Waals surface area contributed by atoms with Gasteiger partial charge >= 0.3 is 0 Å². The normalized spacial score (nSPS) is 24.7. The number of carbonyl (C=O) groups excluding carboxylic acids is 7. The maximum absolute atomic E-state index is 14.0. The van der Waals surface area contributed by atoms with E-state index in [1.807, 2.05) is 42.5 Å². The molecular weight excluding hydrogens is 1370 g/mol. The van der Waals surface area contributed by atoms with Gasteiger partial charge < -0.3 is 101 Å². The Balaban J connectivity index is 0.714. The van der Waals surface area contributed by atoms with Crippen LogP contribution >= 0.6 is 0 Å². The van der Waals surface area contributed by atoms with E-state index in [1.165, 1.54) is 5.01 Å². The number of nitrogens with one attached hydrogen (secondary N) is 8. The second-order valence-electron chi connectivity index (χ2n) is 29.2. The van der Waals surface area contributed by atoms with E-state index in [1.54, 1.807) is 46.4 Å². The standard InChI is InChI=1S/C75H117N11O20/c1-44(2)64(56(89)38-47(7)68(94)45(3)4)79-74(99)53(21-16-17-28-76-62(92)43-104-57-24-11-9-10-23-55-66(57)81-83-86(55)75-72(98)71(97)73(59(42-88)106-75)105-58-39-50(41-87)48(8)69(95)70(58)96)78-61(91)27-30-100-32-34-102-36-37-103-35-33-101-31-29-77-60(90)25-26-63(93)84-40-49-18-12-13-19-51(49)67-65(80-82-85(67)46(5)6)52-20-14-15-22-54(52)84/h12-15,18-20,22,44-48,50,53,57-59,64,69-73,75,80-83,87-88,95-98H,9-11,16-17,21,23-43H2,1-8H3,(H,76,92)(H,77,90)(H,78,91)(H,79,99)/t47-,48-,50-,53-,57?,58+,59-,64+,69+,70+,71-,72-,73-,75+/m1/s1. The van der Waals surface area contributed by atoms with Crippen LogP contribution in [0.1, 0.15) is 156 Å². The monoisotopic (exact) mass is 1490 g/mol. The van der Waals surface area contributed by atoms with Crippen LogP contribution < -0.4 is 48.1 Å². The lowest BCUT2D eigenvalue weighted by Crippen LogP contribution is -2.66. The minimum Gasteiger partial charge on any atom is -0.396 e. The second-order valence-corrected chi connectivity index (χ2v) is 29.2. The first-order chi connectivity index (χ1) is 50.9. The number of hydrogen-bond acceptors (Lipinski definition) is 26. The van der Waals surface area contributed by atoms with Crippen LogP contribution in [-0.2, 0) is 73.3 Å². The summed E-state index contributed by atoms with van der Waals surface area (Å²) in [4.78, 5) is 95.7. The molecule has 106 heavy (non-hydrogen) atoms. The SMILES string of the molecule is CC(C)C(=O)[C@H](C)CC(=O)[C@@H](NC(=O)[C@@H](CCCCNC(=O)COC1CCCCCC2=C1NNN2[C@H]1O[C@H](CO)[C@@H](O[C@H]2C[C@H](CO)[C@@H](C)[C@H](O)[C@H]2O)[C@H](O)[C@H]1O)NC(=O)CCOCCOCCOCCOCCNC(=O)CCC(=O)N1Cc2ccccc2C2=C(NNN2C(C)C)c2ccccc21)C(C)C. The van der Waals surface area contributed by atoms with Crippen LogP contribution in [0.25, 0.3) is 11.4 Å². The van der Waals surface area contributed by atoms with Crippen LogP contribution in [-0.4, -0.2) is 241 Å². The van der Waals surface area contributed by atoms with Crippen molar-refractivity contribution in [3.8, 4) is 0 Å². The fraction of sp³-hybridized carbons (Fsp3) is 0.693. The number of hydrogen-bond donors (Lipinski definition) is 14. The maximum atomic E-state index is 14.0. The topological polar surface area (TPSA) is 411 Å². The van der Waals surface area contributed by atoms with Crippen LogP contribution in [0.15, 0.2) is 59.9 Å². The number of unbranched alkanes of at least 4 members (excludes halogenated alkanes) is 1. The zero-order valence-corrected chi connectivity index (χ0v) is 62.8. The summed E-state index contributed by atoms with van der Waals surface area (Å²) in [5, 5.41) is 80.0. The number of aliphatic hydroxyl groups excluding tert-OH is 6. The number of benzene rings is 2. The van der Waals surface area contributed by atoms with Crippen LogP contribution in [0.3, 0.4) is 0 Å². The molecule has 0 radical (unpaired) electrons. The number of fused-ring (bicyclic) bond motifs is 4. The average Bonchev–Trinajstić information content (AvgIpc) is 1.50. The third kappa shape index (κ3) is 23.1. The molecule has 0 spiro atoms. The highest BCUT2D eigenvalue weighted by molar-refractivity contribution is 6.03.